The predicted molar refractivity (Wildman–Crippen MR) is 125 cm³/mol. The molecule has 4 nitrogen and oxygen atoms in total. The van der Waals surface area contributed by atoms with Crippen molar-refractivity contribution in [1.29, 1.82) is 0 Å². The van der Waals surface area contributed by atoms with Gasteiger partial charge in [0, 0.05) is 29.3 Å². The highest BCUT2D eigenvalue weighted by Crippen LogP contribution is 2.47. The number of carbonyl (C=O) groups excluding carboxylic acids is 2. The van der Waals surface area contributed by atoms with Gasteiger partial charge in [0.1, 0.15) is 17.8 Å². The third kappa shape index (κ3) is 4.17. The molecular weight excluding hydrogens is 417 g/mol. The number of ether oxygens (including phenoxy) is 1. The Balaban J connectivity index is 1.56. The largest absolute Gasteiger partial charge is 0.462 e. The van der Waals surface area contributed by atoms with Gasteiger partial charge in [0.25, 0.3) is 0 Å². The first-order chi connectivity index (χ1) is 16.0. The maximum Gasteiger partial charge on any atom is 0.315 e. The van der Waals surface area contributed by atoms with Crippen LogP contribution < -0.4 is 0 Å². The van der Waals surface area contributed by atoms with E-state index in [2.05, 4.69) is 0 Å². The standard InChI is InChI=1S/C28H28FNO3/c1-17-25(28(32)33-20-11-5-6-12-20)26(21-13-7-8-14-22(21)29)27-23(30-17)15-19(16-24(27)31)18-9-3-2-4-10-18/h2-4,7-10,13-14,19-20,25-26H,5-6,11-12,15-16H2,1H3/t19-,25?,26+/m0/s1. The van der Waals surface area contributed by atoms with E-state index in [0.29, 0.717) is 35.4 Å². The van der Waals surface area contributed by atoms with Crippen molar-refractivity contribution in [2.75, 3.05) is 0 Å². The summed E-state index contributed by atoms with van der Waals surface area (Å²) in [6, 6.07) is 16.4. The van der Waals surface area contributed by atoms with Crippen LogP contribution in [-0.4, -0.2) is 23.6 Å². The predicted octanol–water partition coefficient (Wildman–Crippen LogP) is 5.89. The van der Waals surface area contributed by atoms with Crippen molar-refractivity contribution in [3.05, 3.63) is 82.8 Å². The van der Waals surface area contributed by atoms with Crippen LogP contribution in [0.3, 0.4) is 0 Å². The minimum Gasteiger partial charge on any atom is -0.462 e. The molecule has 3 atom stereocenters. The van der Waals surface area contributed by atoms with Gasteiger partial charge in [0.2, 0.25) is 0 Å². The quantitative estimate of drug-likeness (QED) is 0.552. The number of Topliss-reactive ketones (excluding diaryl/α,β-unsaturated/α-hetero) is 1. The third-order valence-electron chi connectivity index (χ3n) is 7.24. The van der Waals surface area contributed by atoms with Crippen LogP contribution in [0.5, 0.6) is 0 Å². The lowest BCUT2D eigenvalue weighted by molar-refractivity contribution is -0.151. The van der Waals surface area contributed by atoms with E-state index in [9.17, 15) is 9.59 Å². The lowest BCUT2D eigenvalue weighted by atomic mass is 9.69. The summed E-state index contributed by atoms with van der Waals surface area (Å²) in [5.41, 5.74) is 3.20. The smallest absolute Gasteiger partial charge is 0.315 e. The average molecular weight is 446 g/mol. The van der Waals surface area contributed by atoms with Gasteiger partial charge in [-0.3, -0.25) is 14.6 Å². The molecule has 1 saturated carbocycles. The van der Waals surface area contributed by atoms with Gasteiger partial charge in [-0.25, -0.2) is 4.39 Å². The highest BCUT2D eigenvalue weighted by Gasteiger charge is 2.46. The number of aliphatic imine (C=N–C) groups is 1. The lowest BCUT2D eigenvalue weighted by Crippen LogP contribution is -2.39. The molecule has 0 bridgehead atoms. The molecule has 1 aliphatic heterocycles. The summed E-state index contributed by atoms with van der Waals surface area (Å²) in [4.78, 5) is 31.7. The van der Waals surface area contributed by atoms with E-state index in [1.165, 1.54) is 6.07 Å². The topological polar surface area (TPSA) is 55.7 Å². The van der Waals surface area contributed by atoms with Crippen LogP contribution in [0.15, 0.2) is 70.9 Å². The van der Waals surface area contributed by atoms with Crippen LogP contribution in [0.2, 0.25) is 0 Å². The van der Waals surface area contributed by atoms with Crippen LogP contribution in [-0.2, 0) is 14.3 Å². The van der Waals surface area contributed by atoms with Gasteiger partial charge in [-0.05, 0) is 62.1 Å². The van der Waals surface area contributed by atoms with E-state index >= 15 is 4.39 Å². The molecule has 3 aliphatic rings. The number of nitrogens with zero attached hydrogens (tertiary/aromatic N) is 1. The summed E-state index contributed by atoms with van der Waals surface area (Å²) < 4.78 is 20.9. The Bertz CT molecular complexity index is 1130. The van der Waals surface area contributed by atoms with E-state index in [1.54, 1.807) is 25.1 Å². The summed E-state index contributed by atoms with van der Waals surface area (Å²) in [6.07, 6.45) is 4.61. The Kier molecular flexibility index (Phi) is 5.96. The van der Waals surface area contributed by atoms with Gasteiger partial charge in [-0.2, -0.15) is 0 Å². The van der Waals surface area contributed by atoms with Crippen molar-refractivity contribution in [3.63, 3.8) is 0 Å². The molecule has 2 aliphatic carbocycles. The number of hydrogen-bond acceptors (Lipinski definition) is 4. The third-order valence-corrected chi connectivity index (χ3v) is 7.24. The SMILES string of the molecule is CC1=NC2=C(C(=O)C[C@@H](c3ccccc3)C2)[C@H](c2ccccc2F)C1C(=O)OC1CCCC1. The average Bonchev–Trinajstić information content (AvgIpc) is 3.32. The molecule has 5 heteroatoms. The zero-order chi connectivity index (χ0) is 22.9. The number of hydrogen-bond donors (Lipinski definition) is 0. The number of halogens is 1. The number of allylic oxidation sites excluding steroid dienone is 2. The molecule has 0 aromatic heterocycles. The van der Waals surface area contributed by atoms with E-state index in [1.807, 2.05) is 30.3 Å². The Labute approximate surface area is 193 Å². The molecule has 0 saturated heterocycles. The van der Waals surface area contributed by atoms with Crippen molar-refractivity contribution in [1.82, 2.24) is 0 Å². The number of rotatable bonds is 4. The fourth-order valence-corrected chi connectivity index (χ4v) is 5.63. The van der Waals surface area contributed by atoms with Gasteiger partial charge in [-0.1, -0.05) is 48.5 Å². The van der Waals surface area contributed by atoms with E-state index in [-0.39, 0.29) is 17.8 Å². The van der Waals surface area contributed by atoms with Crippen molar-refractivity contribution >= 4 is 17.5 Å². The van der Waals surface area contributed by atoms with Gasteiger partial charge < -0.3 is 4.74 Å². The molecule has 170 valence electrons. The normalized spacial score (nSPS) is 25.6. The van der Waals surface area contributed by atoms with Crippen molar-refractivity contribution in [2.24, 2.45) is 10.9 Å². The molecule has 1 fully saturated rings. The number of carbonyl (C=O) groups is 2. The summed E-state index contributed by atoms with van der Waals surface area (Å²) >= 11 is 0. The highest BCUT2D eigenvalue weighted by molar-refractivity contribution is 6.09. The van der Waals surface area contributed by atoms with Crippen molar-refractivity contribution in [3.8, 4) is 0 Å². The minimum atomic E-state index is -0.793. The second-order valence-electron chi connectivity index (χ2n) is 9.37. The van der Waals surface area contributed by atoms with Crippen LogP contribution in [0.4, 0.5) is 4.39 Å². The van der Waals surface area contributed by atoms with Crippen LogP contribution in [0, 0.1) is 11.7 Å². The molecule has 0 radical (unpaired) electrons. The van der Waals surface area contributed by atoms with Gasteiger partial charge in [0.05, 0.1) is 0 Å². The van der Waals surface area contributed by atoms with Gasteiger partial charge in [-0.15, -0.1) is 0 Å². The fourth-order valence-electron chi connectivity index (χ4n) is 5.63. The van der Waals surface area contributed by atoms with Crippen LogP contribution >= 0.6 is 0 Å². The van der Waals surface area contributed by atoms with E-state index in [4.69, 9.17) is 9.73 Å². The summed E-state index contributed by atoms with van der Waals surface area (Å²) in [5.74, 6) is -2.36. The van der Waals surface area contributed by atoms with Gasteiger partial charge >= 0.3 is 5.97 Å². The zero-order valence-electron chi connectivity index (χ0n) is 18.8. The molecular formula is C28H28FNO3. The Morgan fingerprint density at radius 1 is 1.00 bits per heavy atom. The minimum absolute atomic E-state index is 0.0252. The molecule has 0 spiro atoms. The Morgan fingerprint density at radius 3 is 2.42 bits per heavy atom. The maximum atomic E-state index is 15.0. The zero-order valence-corrected chi connectivity index (χ0v) is 18.8. The maximum absolute atomic E-state index is 15.0. The van der Waals surface area contributed by atoms with E-state index < -0.39 is 23.6 Å². The first-order valence-electron chi connectivity index (χ1n) is 11.8. The first kappa shape index (κ1) is 21.7. The first-order valence-corrected chi connectivity index (χ1v) is 11.8. The number of benzene rings is 2. The molecule has 2 aromatic rings. The molecule has 33 heavy (non-hydrogen) atoms. The molecule has 0 N–H and O–H groups in total. The van der Waals surface area contributed by atoms with Crippen LogP contribution in [0.25, 0.3) is 0 Å². The summed E-state index contributed by atoms with van der Waals surface area (Å²) in [6.45, 7) is 1.80. The molecule has 5 rings (SSSR count). The summed E-state index contributed by atoms with van der Waals surface area (Å²) in [5, 5.41) is 0. The summed E-state index contributed by atoms with van der Waals surface area (Å²) in [7, 11) is 0. The monoisotopic (exact) mass is 445 g/mol. The second-order valence-corrected chi connectivity index (χ2v) is 9.37. The fraction of sp³-hybridized carbons (Fsp3) is 0.393. The molecule has 0 amide bonds. The van der Waals surface area contributed by atoms with Crippen molar-refractivity contribution in [2.45, 2.75) is 63.4 Å². The number of ketones is 1. The van der Waals surface area contributed by atoms with Gasteiger partial charge in [0.15, 0.2) is 5.78 Å². The molecule has 1 unspecified atom stereocenters. The number of esters is 1. The molecule has 1 heterocycles. The molecule has 2 aromatic carbocycles. The van der Waals surface area contributed by atoms with Crippen LogP contribution in [0.1, 0.15) is 68.4 Å². The second kappa shape index (κ2) is 9.05. The Morgan fingerprint density at radius 2 is 1.70 bits per heavy atom. The Hall–Kier alpha value is -3.08. The highest BCUT2D eigenvalue weighted by atomic mass is 19.1. The van der Waals surface area contributed by atoms with E-state index in [0.717, 1.165) is 31.2 Å². The van der Waals surface area contributed by atoms with Crippen molar-refractivity contribution < 1.29 is 18.7 Å². The lowest BCUT2D eigenvalue weighted by Gasteiger charge is -2.37.